The number of sulfonamides is 1. The Balaban J connectivity index is 0.00000324. The van der Waals surface area contributed by atoms with Gasteiger partial charge in [-0.2, -0.15) is 0 Å². The summed E-state index contributed by atoms with van der Waals surface area (Å²) in [5, 5.41) is 0. The average Bonchev–Trinajstić information content (AvgIpc) is 2.28. The van der Waals surface area contributed by atoms with Crippen molar-refractivity contribution in [2.24, 2.45) is 5.73 Å². The van der Waals surface area contributed by atoms with E-state index in [9.17, 15) is 8.42 Å². The fraction of sp³-hybridized carbons (Fsp3) is 0.500. The molecule has 0 heterocycles. The van der Waals surface area contributed by atoms with Gasteiger partial charge in [0.05, 0.1) is 7.11 Å². The lowest BCUT2D eigenvalue weighted by Gasteiger charge is -2.24. The summed E-state index contributed by atoms with van der Waals surface area (Å²) in [5.74, 6) is 0.320. The molecule has 0 atom stereocenters. The van der Waals surface area contributed by atoms with E-state index in [4.69, 9.17) is 10.5 Å². The molecular weight excluding hydrogens is 288 g/mol. The van der Waals surface area contributed by atoms with Gasteiger partial charge in [0.1, 0.15) is 10.6 Å². The molecule has 0 radical (unpaired) electrons. The fourth-order valence-corrected chi connectivity index (χ4v) is 3.13. The first-order chi connectivity index (χ1) is 8.22. The van der Waals surface area contributed by atoms with E-state index in [1.165, 1.54) is 7.11 Å². The van der Waals surface area contributed by atoms with Gasteiger partial charge in [-0.15, -0.1) is 12.4 Å². The van der Waals surface area contributed by atoms with E-state index >= 15 is 0 Å². The van der Waals surface area contributed by atoms with Gasteiger partial charge in [-0.25, -0.2) is 13.1 Å². The summed E-state index contributed by atoms with van der Waals surface area (Å²) in [4.78, 5) is 0.131. The highest BCUT2D eigenvalue weighted by Crippen LogP contribution is 2.25. The van der Waals surface area contributed by atoms with Crippen molar-refractivity contribution >= 4 is 22.4 Å². The molecular formula is C12H21ClN2O3S. The molecule has 0 amide bonds. The van der Waals surface area contributed by atoms with Gasteiger partial charge in [-0.05, 0) is 38.5 Å². The van der Waals surface area contributed by atoms with Crippen LogP contribution in [-0.2, 0) is 10.0 Å². The summed E-state index contributed by atoms with van der Waals surface area (Å²) in [7, 11) is -2.21. The molecule has 7 heteroatoms. The molecule has 0 unspecified atom stereocenters. The molecule has 3 N–H and O–H groups in total. The van der Waals surface area contributed by atoms with Crippen molar-refractivity contribution in [3.8, 4) is 5.75 Å². The molecule has 5 nitrogen and oxygen atoms in total. The number of benzene rings is 1. The standard InChI is InChI=1S/C12H20N2O3S.ClH/c1-9-5-6-10(17-4)11(7-9)18(15,16)14-12(2,3)8-13;/h5-7,14H,8,13H2,1-4H3;1H. The lowest BCUT2D eigenvalue weighted by atomic mass is 10.1. The van der Waals surface area contributed by atoms with Crippen molar-refractivity contribution < 1.29 is 13.2 Å². The number of halogens is 1. The van der Waals surface area contributed by atoms with Crippen LogP contribution in [0.5, 0.6) is 5.75 Å². The minimum Gasteiger partial charge on any atom is -0.495 e. The average molecular weight is 309 g/mol. The maximum atomic E-state index is 12.3. The van der Waals surface area contributed by atoms with Gasteiger partial charge in [0.25, 0.3) is 0 Å². The van der Waals surface area contributed by atoms with Gasteiger partial charge in [0, 0.05) is 12.1 Å². The smallest absolute Gasteiger partial charge is 0.244 e. The predicted octanol–water partition coefficient (Wildman–Crippen LogP) is 1.44. The summed E-state index contributed by atoms with van der Waals surface area (Å²) in [6.45, 7) is 5.49. The molecule has 0 spiro atoms. The van der Waals surface area contributed by atoms with Gasteiger partial charge < -0.3 is 10.5 Å². The van der Waals surface area contributed by atoms with Crippen LogP contribution in [0.2, 0.25) is 0 Å². The second-order valence-corrected chi connectivity index (χ2v) is 6.50. The first-order valence-electron chi connectivity index (χ1n) is 5.60. The van der Waals surface area contributed by atoms with Gasteiger partial charge in [-0.3, -0.25) is 0 Å². The molecule has 110 valence electrons. The molecule has 19 heavy (non-hydrogen) atoms. The Morgan fingerprint density at radius 2 is 1.95 bits per heavy atom. The van der Waals surface area contributed by atoms with Crippen LogP contribution in [0.15, 0.2) is 23.1 Å². The van der Waals surface area contributed by atoms with E-state index in [0.717, 1.165) is 5.56 Å². The van der Waals surface area contributed by atoms with Crippen molar-refractivity contribution in [1.29, 1.82) is 0 Å². The van der Waals surface area contributed by atoms with Crippen molar-refractivity contribution in [2.45, 2.75) is 31.2 Å². The quantitative estimate of drug-likeness (QED) is 0.862. The molecule has 1 aromatic carbocycles. The molecule has 0 saturated carbocycles. The molecule has 0 fully saturated rings. The first-order valence-corrected chi connectivity index (χ1v) is 7.09. The van der Waals surface area contributed by atoms with Gasteiger partial charge >= 0.3 is 0 Å². The highest BCUT2D eigenvalue weighted by atomic mass is 35.5. The first kappa shape index (κ1) is 18.2. The topological polar surface area (TPSA) is 81.4 Å². The van der Waals surface area contributed by atoms with E-state index in [1.807, 2.05) is 6.92 Å². The third kappa shape index (κ3) is 4.65. The summed E-state index contributed by atoms with van der Waals surface area (Å²) in [6.07, 6.45) is 0. The van der Waals surface area contributed by atoms with E-state index in [2.05, 4.69) is 4.72 Å². The molecule has 0 aliphatic rings. The third-order valence-electron chi connectivity index (χ3n) is 2.53. The van der Waals surface area contributed by atoms with Crippen molar-refractivity contribution in [1.82, 2.24) is 4.72 Å². The van der Waals surface area contributed by atoms with Crippen LogP contribution in [0.4, 0.5) is 0 Å². The predicted molar refractivity (Wildman–Crippen MR) is 78.4 cm³/mol. The van der Waals surface area contributed by atoms with E-state index in [1.54, 1.807) is 32.0 Å². The van der Waals surface area contributed by atoms with Crippen LogP contribution in [-0.4, -0.2) is 27.6 Å². The normalized spacial score (nSPS) is 11.8. The number of methoxy groups -OCH3 is 1. The van der Waals surface area contributed by atoms with Crippen LogP contribution < -0.4 is 15.2 Å². The molecule has 0 bridgehead atoms. The SMILES string of the molecule is COc1ccc(C)cc1S(=O)(=O)NC(C)(C)CN.Cl. The highest BCUT2D eigenvalue weighted by Gasteiger charge is 2.27. The van der Waals surface area contributed by atoms with E-state index in [0.29, 0.717) is 5.75 Å². The number of nitrogens with two attached hydrogens (primary N) is 1. The minimum absolute atomic E-state index is 0. The zero-order valence-electron chi connectivity index (χ0n) is 11.6. The molecule has 0 aliphatic heterocycles. The Kier molecular flexibility index (Phi) is 6.28. The van der Waals surface area contributed by atoms with Crippen LogP contribution in [0, 0.1) is 6.92 Å². The second-order valence-electron chi connectivity index (χ2n) is 4.85. The Hall–Kier alpha value is -0.820. The summed E-state index contributed by atoms with van der Waals surface area (Å²) in [6, 6.07) is 5.01. The lowest BCUT2D eigenvalue weighted by Crippen LogP contribution is -2.48. The number of nitrogens with one attached hydrogen (secondary N) is 1. The van der Waals surface area contributed by atoms with Crippen molar-refractivity contribution in [3.63, 3.8) is 0 Å². The summed E-state index contributed by atoms with van der Waals surface area (Å²) >= 11 is 0. The Bertz CT molecular complexity index is 530. The van der Waals surface area contributed by atoms with Gasteiger partial charge in [0.15, 0.2) is 0 Å². The zero-order valence-corrected chi connectivity index (χ0v) is 13.2. The van der Waals surface area contributed by atoms with E-state index < -0.39 is 15.6 Å². The Labute approximate surface area is 121 Å². The molecule has 0 aliphatic carbocycles. The largest absolute Gasteiger partial charge is 0.495 e. The van der Waals surface area contributed by atoms with Gasteiger partial charge in [-0.1, -0.05) is 6.07 Å². The molecule has 0 saturated heterocycles. The Morgan fingerprint density at radius 3 is 2.42 bits per heavy atom. The monoisotopic (exact) mass is 308 g/mol. The lowest BCUT2D eigenvalue weighted by molar-refractivity contribution is 0.400. The highest BCUT2D eigenvalue weighted by molar-refractivity contribution is 7.89. The third-order valence-corrected chi connectivity index (χ3v) is 4.25. The molecule has 1 aromatic rings. The van der Waals surface area contributed by atoms with Crippen LogP contribution >= 0.6 is 12.4 Å². The number of hydrogen-bond donors (Lipinski definition) is 2. The summed E-state index contributed by atoms with van der Waals surface area (Å²) < 4.78 is 32.2. The number of rotatable bonds is 5. The maximum absolute atomic E-state index is 12.3. The van der Waals surface area contributed by atoms with E-state index in [-0.39, 0.29) is 23.8 Å². The minimum atomic E-state index is -3.65. The van der Waals surface area contributed by atoms with Crippen LogP contribution in [0.1, 0.15) is 19.4 Å². The maximum Gasteiger partial charge on any atom is 0.244 e. The second kappa shape index (κ2) is 6.56. The van der Waals surface area contributed by atoms with Crippen LogP contribution in [0.25, 0.3) is 0 Å². The molecule has 1 rings (SSSR count). The number of aryl methyl sites for hydroxylation is 1. The summed E-state index contributed by atoms with van der Waals surface area (Å²) in [5.41, 5.74) is 5.68. The van der Waals surface area contributed by atoms with Crippen LogP contribution in [0.3, 0.4) is 0 Å². The van der Waals surface area contributed by atoms with Crippen molar-refractivity contribution in [2.75, 3.05) is 13.7 Å². The fourth-order valence-electron chi connectivity index (χ4n) is 1.45. The zero-order chi connectivity index (χ0) is 14.0. The number of ether oxygens (including phenoxy) is 1. The number of hydrogen-bond acceptors (Lipinski definition) is 4. The molecule has 0 aromatic heterocycles. The van der Waals surface area contributed by atoms with Crippen molar-refractivity contribution in [3.05, 3.63) is 23.8 Å². The Morgan fingerprint density at radius 1 is 1.37 bits per heavy atom. The van der Waals surface area contributed by atoms with Gasteiger partial charge in [0.2, 0.25) is 10.0 Å².